The number of hydrogen-bond donors (Lipinski definition) is 2. The van der Waals surface area contributed by atoms with Crippen LogP contribution >= 0.6 is 0 Å². The number of aromatic hydroxyl groups is 1. The Morgan fingerprint density at radius 2 is 1.87 bits per heavy atom. The van der Waals surface area contributed by atoms with Crippen LogP contribution in [-0.4, -0.2) is 23.3 Å². The fraction of sp³-hybridized carbons (Fsp3) is 0.118. The molecular formula is C17H15N3O3. The van der Waals surface area contributed by atoms with Crippen molar-refractivity contribution in [2.45, 2.75) is 6.92 Å². The number of carbonyl (C=O) groups is 1. The Balaban J connectivity index is 1.85. The van der Waals surface area contributed by atoms with Gasteiger partial charge in [0, 0.05) is 0 Å². The fourth-order valence-corrected chi connectivity index (χ4v) is 1.72. The van der Waals surface area contributed by atoms with E-state index in [2.05, 4.69) is 10.5 Å². The molecule has 2 rings (SSSR count). The lowest BCUT2D eigenvalue weighted by atomic mass is 10.1. The lowest BCUT2D eigenvalue weighted by molar-refractivity contribution is -0.123. The number of nitriles is 1. The lowest BCUT2D eigenvalue weighted by Crippen LogP contribution is -2.25. The van der Waals surface area contributed by atoms with Crippen molar-refractivity contribution in [3.05, 3.63) is 59.7 Å². The maximum Gasteiger partial charge on any atom is 0.277 e. The van der Waals surface area contributed by atoms with Gasteiger partial charge in [-0.05, 0) is 61.0 Å². The molecule has 116 valence electrons. The molecule has 2 aromatic rings. The van der Waals surface area contributed by atoms with Crippen LogP contribution in [0.5, 0.6) is 11.5 Å². The van der Waals surface area contributed by atoms with Crippen LogP contribution in [0.4, 0.5) is 0 Å². The van der Waals surface area contributed by atoms with Gasteiger partial charge in [-0.15, -0.1) is 0 Å². The van der Waals surface area contributed by atoms with Crippen molar-refractivity contribution < 1.29 is 14.6 Å². The summed E-state index contributed by atoms with van der Waals surface area (Å²) in [4.78, 5) is 11.7. The van der Waals surface area contributed by atoms with Gasteiger partial charge in [-0.25, -0.2) is 5.43 Å². The van der Waals surface area contributed by atoms with Gasteiger partial charge >= 0.3 is 0 Å². The van der Waals surface area contributed by atoms with Gasteiger partial charge in [0.25, 0.3) is 5.91 Å². The predicted molar refractivity (Wildman–Crippen MR) is 85.1 cm³/mol. The quantitative estimate of drug-likeness (QED) is 0.653. The number of ether oxygens (including phenoxy) is 1. The molecule has 6 heteroatoms. The van der Waals surface area contributed by atoms with E-state index in [-0.39, 0.29) is 12.4 Å². The highest BCUT2D eigenvalue weighted by Gasteiger charge is 2.03. The Labute approximate surface area is 133 Å². The number of hydrazone groups is 1. The molecule has 0 aliphatic heterocycles. The molecule has 2 N–H and O–H groups in total. The number of rotatable bonds is 5. The second-order valence-corrected chi connectivity index (χ2v) is 4.70. The molecule has 0 aromatic heterocycles. The minimum atomic E-state index is -0.396. The Hall–Kier alpha value is -3.33. The van der Waals surface area contributed by atoms with Crippen molar-refractivity contribution in [1.29, 1.82) is 5.26 Å². The predicted octanol–water partition coefficient (Wildman–Crippen LogP) is 2.18. The van der Waals surface area contributed by atoms with Crippen molar-refractivity contribution in [2.24, 2.45) is 5.10 Å². The zero-order valence-electron chi connectivity index (χ0n) is 12.5. The van der Waals surface area contributed by atoms with Crippen LogP contribution in [0.1, 0.15) is 18.1 Å². The minimum Gasteiger partial charge on any atom is -0.508 e. The van der Waals surface area contributed by atoms with Crippen molar-refractivity contribution in [3.8, 4) is 17.6 Å². The molecule has 0 heterocycles. The summed E-state index contributed by atoms with van der Waals surface area (Å²) in [5, 5.41) is 21.9. The van der Waals surface area contributed by atoms with Gasteiger partial charge in [0.15, 0.2) is 6.61 Å². The maximum absolute atomic E-state index is 11.7. The number of nitrogens with one attached hydrogen (secondary N) is 1. The normalized spacial score (nSPS) is 10.7. The summed E-state index contributed by atoms with van der Waals surface area (Å²) in [6.45, 7) is 1.56. The summed E-state index contributed by atoms with van der Waals surface area (Å²) < 4.78 is 5.30. The van der Waals surface area contributed by atoms with Gasteiger partial charge in [0.2, 0.25) is 0 Å². The van der Waals surface area contributed by atoms with Crippen LogP contribution in [0.15, 0.2) is 53.6 Å². The van der Waals surface area contributed by atoms with E-state index in [1.165, 1.54) is 0 Å². The topological polar surface area (TPSA) is 94.7 Å². The van der Waals surface area contributed by atoms with Crippen LogP contribution in [0.2, 0.25) is 0 Å². The zero-order valence-corrected chi connectivity index (χ0v) is 12.5. The van der Waals surface area contributed by atoms with Crippen LogP contribution in [-0.2, 0) is 4.79 Å². The van der Waals surface area contributed by atoms with Crippen LogP contribution in [0, 0.1) is 11.3 Å². The summed E-state index contributed by atoms with van der Waals surface area (Å²) in [5.41, 5.74) is 4.32. The second-order valence-electron chi connectivity index (χ2n) is 4.70. The Bertz CT molecular complexity index is 744. The molecule has 0 saturated carbocycles. The molecule has 2 aromatic carbocycles. The first-order valence-corrected chi connectivity index (χ1v) is 6.84. The maximum atomic E-state index is 11.7. The average Bonchev–Trinajstić information content (AvgIpc) is 2.59. The summed E-state index contributed by atoms with van der Waals surface area (Å²) >= 11 is 0. The molecule has 1 amide bonds. The smallest absolute Gasteiger partial charge is 0.277 e. The number of carbonyl (C=O) groups excluding carboxylic acids is 1. The molecule has 6 nitrogen and oxygen atoms in total. The van der Waals surface area contributed by atoms with E-state index in [9.17, 15) is 9.90 Å². The van der Waals surface area contributed by atoms with E-state index in [0.717, 1.165) is 5.56 Å². The monoisotopic (exact) mass is 309 g/mol. The summed E-state index contributed by atoms with van der Waals surface area (Å²) in [5.74, 6) is 0.271. The number of amides is 1. The van der Waals surface area contributed by atoms with Crippen molar-refractivity contribution >= 4 is 11.6 Å². The van der Waals surface area contributed by atoms with E-state index < -0.39 is 5.91 Å². The third-order valence-corrected chi connectivity index (χ3v) is 2.99. The summed E-state index contributed by atoms with van der Waals surface area (Å²) in [6.07, 6.45) is 0. The number of hydrogen-bond acceptors (Lipinski definition) is 5. The van der Waals surface area contributed by atoms with Gasteiger partial charge in [0.05, 0.1) is 17.3 Å². The summed E-state index contributed by atoms with van der Waals surface area (Å²) in [6, 6.07) is 15.0. The second kappa shape index (κ2) is 7.61. The van der Waals surface area contributed by atoms with E-state index in [4.69, 9.17) is 10.00 Å². The van der Waals surface area contributed by atoms with Crippen LogP contribution in [0.3, 0.4) is 0 Å². The molecule has 23 heavy (non-hydrogen) atoms. The molecule has 0 saturated heterocycles. The van der Waals surface area contributed by atoms with Gasteiger partial charge in [-0.1, -0.05) is 0 Å². The molecule has 0 radical (unpaired) electrons. The van der Waals surface area contributed by atoms with Gasteiger partial charge in [0.1, 0.15) is 11.5 Å². The zero-order chi connectivity index (χ0) is 16.7. The number of benzene rings is 2. The molecule has 0 fully saturated rings. The first-order chi connectivity index (χ1) is 11.1. The van der Waals surface area contributed by atoms with E-state index in [1.54, 1.807) is 55.5 Å². The minimum absolute atomic E-state index is 0.168. The highest BCUT2D eigenvalue weighted by Crippen LogP contribution is 2.11. The van der Waals surface area contributed by atoms with E-state index in [0.29, 0.717) is 17.0 Å². The van der Waals surface area contributed by atoms with E-state index in [1.807, 2.05) is 6.07 Å². The Morgan fingerprint density at radius 3 is 2.48 bits per heavy atom. The van der Waals surface area contributed by atoms with Crippen LogP contribution in [0.25, 0.3) is 0 Å². The first-order valence-electron chi connectivity index (χ1n) is 6.84. The number of phenols is 1. The van der Waals surface area contributed by atoms with Crippen LogP contribution < -0.4 is 10.2 Å². The highest BCUT2D eigenvalue weighted by molar-refractivity contribution is 5.99. The highest BCUT2D eigenvalue weighted by atomic mass is 16.5. The molecule has 0 atom stereocenters. The molecule has 0 bridgehead atoms. The molecule has 0 aliphatic rings. The van der Waals surface area contributed by atoms with Crippen molar-refractivity contribution in [2.75, 3.05) is 6.61 Å². The number of nitrogens with zero attached hydrogens (tertiary/aromatic N) is 2. The average molecular weight is 309 g/mol. The third-order valence-electron chi connectivity index (χ3n) is 2.99. The Morgan fingerprint density at radius 1 is 1.22 bits per heavy atom. The molecular weight excluding hydrogens is 294 g/mol. The molecule has 0 aliphatic carbocycles. The van der Waals surface area contributed by atoms with Crippen molar-refractivity contribution in [1.82, 2.24) is 5.43 Å². The van der Waals surface area contributed by atoms with Gasteiger partial charge < -0.3 is 9.84 Å². The molecule has 0 spiro atoms. The lowest BCUT2D eigenvalue weighted by Gasteiger charge is -2.06. The Kier molecular flexibility index (Phi) is 5.31. The standard InChI is InChI=1S/C17H15N3O3/c1-12(14-4-6-15(21)7-5-14)19-20-17(22)11-23-16-8-2-13(10-18)3-9-16/h2-9,21H,11H2,1H3,(H,20,22)/b19-12+. The van der Waals surface area contributed by atoms with Gasteiger partial charge in [-0.3, -0.25) is 4.79 Å². The van der Waals surface area contributed by atoms with Gasteiger partial charge in [-0.2, -0.15) is 10.4 Å². The first kappa shape index (κ1) is 16.0. The SMILES string of the molecule is C/C(=N\NC(=O)COc1ccc(C#N)cc1)c1ccc(O)cc1. The largest absolute Gasteiger partial charge is 0.508 e. The summed E-state index contributed by atoms with van der Waals surface area (Å²) in [7, 11) is 0. The molecule has 0 unspecified atom stereocenters. The fourth-order valence-electron chi connectivity index (χ4n) is 1.72. The third kappa shape index (κ3) is 4.86. The van der Waals surface area contributed by atoms with E-state index >= 15 is 0 Å². The number of phenolic OH excluding ortho intramolecular Hbond substituents is 1. The van der Waals surface area contributed by atoms with Crippen molar-refractivity contribution in [3.63, 3.8) is 0 Å².